The van der Waals surface area contributed by atoms with Crippen LogP contribution in [0.1, 0.15) is 55.0 Å². The minimum absolute atomic E-state index is 0.0240. The fraction of sp³-hybridized carbons (Fsp3) is 0.667. The molecule has 1 fully saturated rings. The van der Waals surface area contributed by atoms with Crippen LogP contribution in [0, 0.1) is 6.92 Å². The molecular formula is C15H22N4OS. The smallest absolute Gasteiger partial charge is 0.234 e. The highest BCUT2D eigenvalue weighted by atomic mass is 32.1. The number of hydrogen-bond donors (Lipinski definition) is 1. The Morgan fingerprint density at radius 2 is 2.33 bits per heavy atom. The van der Waals surface area contributed by atoms with Gasteiger partial charge >= 0.3 is 0 Å². The Labute approximate surface area is 129 Å². The number of nitrogens with one attached hydrogen (secondary N) is 1. The van der Waals surface area contributed by atoms with E-state index in [1.165, 1.54) is 6.42 Å². The monoisotopic (exact) mass is 306 g/mol. The third kappa shape index (κ3) is 3.16. The Kier molecular flexibility index (Phi) is 4.35. The van der Waals surface area contributed by atoms with Gasteiger partial charge in [0, 0.05) is 11.9 Å². The van der Waals surface area contributed by atoms with E-state index in [9.17, 15) is 0 Å². The second-order valence-corrected chi connectivity index (χ2v) is 6.92. The lowest BCUT2D eigenvalue weighted by atomic mass is 9.77. The largest absolute Gasteiger partial charge is 0.339 e. The van der Waals surface area contributed by atoms with Crippen LogP contribution in [-0.2, 0) is 11.8 Å². The third-order valence-electron chi connectivity index (χ3n) is 4.13. The zero-order chi connectivity index (χ0) is 14.7. The third-order valence-corrected chi connectivity index (χ3v) is 4.95. The molecule has 0 aliphatic carbocycles. The maximum absolute atomic E-state index is 5.61. The molecule has 2 aromatic heterocycles. The highest BCUT2D eigenvalue weighted by Crippen LogP contribution is 2.34. The van der Waals surface area contributed by atoms with Crippen molar-refractivity contribution in [2.75, 3.05) is 13.1 Å². The van der Waals surface area contributed by atoms with E-state index < -0.39 is 0 Å². The van der Waals surface area contributed by atoms with Gasteiger partial charge in [-0.3, -0.25) is 0 Å². The van der Waals surface area contributed by atoms with Gasteiger partial charge in [-0.05, 0) is 32.7 Å². The second-order valence-electron chi connectivity index (χ2n) is 5.86. The summed E-state index contributed by atoms with van der Waals surface area (Å²) in [5.74, 6) is 1.55. The number of hydrogen-bond acceptors (Lipinski definition) is 6. The first-order valence-electron chi connectivity index (χ1n) is 7.67. The maximum Gasteiger partial charge on any atom is 0.234 e. The molecule has 3 rings (SSSR count). The summed E-state index contributed by atoms with van der Waals surface area (Å²) in [6, 6.07) is 0. The molecule has 1 unspecified atom stereocenters. The molecule has 6 heteroatoms. The van der Waals surface area contributed by atoms with Crippen molar-refractivity contribution in [2.24, 2.45) is 0 Å². The maximum atomic E-state index is 5.61. The zero-order valence-corrected chi connectivity index (χ0v) is 13.5. The summed E-state index contributed by atoms with van der Waals surface area (Å²) < 4.78 is 5.61. The van der Waals surface area contributed by atoms with E-state index >= 15 is 0 Å². The van der Waals surface area contributed by atoms with E-state index in [0.717, 1.165) is 54.8 Å². The molecule has 0 bridgehead atoms. The van der Waals surface area contributed by atoms with Crippen LogP contribution in [-0.4, -0.2) is 28.2 Å². The van der Waals surface area contributed by atoms with Crippen molar-refractivity contribution < 1.29 is 4.52 Å². The van der Waals surface area contributed by atoms with E-state index in [0.29, 0.717) is 6.42 Å². The fourth-order valence-electron chi connectivity index (χ4n) is 3.14. The first kappa shape index (κ1) is 14.7. The van der Waals surface area contributed by atoms with E-state index in [4.69, 9.17) is 4.52 Å². The van der Waals surface area contributed by atoms with Gasteiger partial charge in [0.2, 0.25) is 5.89 Å². The van der Waals surface area contributed by atoms with Crippen LogP contribution in [0.4, 0.5) is 0 Å². The van der Waals surface area contributed by atoms with Crippen molar-refractivity contribution in [3.63, 3.8) is 0 Å². The molecule has 3 heterocycles. The fourth-order valence-corrected chi connectivity index (χ4v) is 3.75. The van der Waals surface area contributed by atoms with Crippen molar-refractivity contribution >= 4 is 11.3 Å². The summed E-state index contributed by atoms with van der Waals surface area (Å²) in [7, 11) is 0. The number of thiazole rings is 1. The van der Waals surface area contributed by atoms with Gasteiger partial charge in [0.05, 0.1) is 22.5 Å². The van der Waals surface area contributed by atoms with Crippen molar-refractivity contribution in [3.8, 4) is 0 Å². The number of aryl methyl sites for hydroxylation is 1. The lowest BCUT2D eigenvalue weighted by molar-refractivity contribution is 0.213. The number of aromatic nitrogens is 3. The van der Waals surface area contributed by atoms with Gasteiger partial charge in [-0.2, -0.15) is 4.98 Å². The van der Waals surface area contributed by atoms with Gasteiger partial charge in [0.15, 0.2) is 5.82 Å². The lowest BCUT2D eigenvalue weighted by Crippen LogP contribution is -2.43. The Morgan fingerprint density at radius 3 is 3.00 bits per heavy atom. The van der Waals surface area contributed by atoms with Crippen LogP contribution in [0.3, 0.4) is 0 Å². The summed E-state index contributed by atoms with van der Waals surface area (Å²) in [6.07, 6.45) is 5.18. The Balaban J connectivity index is 1.78. The van der Waals surface area contributed by atoms with E-state index in [1.807, 2.05) is 6.92 Å². The predicted octanol–water partition coefficient (Wildman–Crippen LogP) is 2.85. The van der Waals surface area contributed by atoms with Gasteiger partial charge < -0.3 is 9.84 Å². The molecule has 2 aromatic rings. The van der Waals surface area contributed by atoms with Crippen LogP contribution < -0.4 is 5.32 Å². The molecule has 114 valence electrons. The summed E-state index contributed by atoms with van der Waals surface area (Å²) in [5.41, 5.74) is 1.05. The molecule has 5 nitrogen and oxygen atoms in total. The standard InChI is InChI=1S/C15H22N4OS/c1-3-5-15(6-4-7-16-10-15)14-18-13(19-20-14)8-12-9-21-11(2)17-12/h9,16H,3-8,10H2,1-2H3. The number of nitrogens with zero attached hydrogens (tertiary/aromatic N) is 3. The molecule has 1 atom stereocenters. The van der Waals surface area contributed by atoms with Crippen molar-refractivity contribution in [2.45, 2.75) is 51.4 Å². The molecule has 1 aliphatic heterocycles. The minimum atomic E-state index is 0.0240. The first-order valence-corrected chi connectivity index (χ1v) is 8.54. The molecule has 1 aliphatic rings. The lowest BCUT2D eigenvalue weighted by Gasteiger charge is -2.34. The Morgan fingerprint density at radius 1 is 1.43 bits per heavy atom. The average Bonchev–Trinajstić information content (AvgIpc) is 3.10. The van der Waals surface area contributed by atoms with Crippen LogP contribution in [0.5, 0.6) is 0 Å². The molecule has 1 N–H and O–H groups in total. The molecule has 1 saturated heterocycles. The van der Waals surface area contributed by atoms with Gasteiger partial charge in [-0.1, -0.05) is 18.5 Å². The minimum Gasteiger partial charge on any atom is -0.339 e. The van der Waals surface area contributed by atoms with E-state index in [1.54, 1.807) is 11.3 Å². The van der Waals surface area contributed by atoms with Crippen LogP contribution >= 0.6 is 11.3 Å². The van der Waals surface area contributed by atoms with Gasteiger partial charge in [-0.25, -0.2) is 4.98 Å². The second kappa shape index (κ2) is 6.23. The highest BCUT2D eigenvalue weighted by molar-refractivity contribution is 7.09. The zero-order valence-electron chi connectivity index (χ0n) is 12.7. The molecule has 21 heavy (non-hydrogen) atoms. The quantitative estimate of drug-likeness (QED) is 0.920. The van der Waals surface area contributed by atoms with Crippen LogP contribution in [0.2, 0.25) is 0 Å². The molecule has 0 saturated carbocycles. The van der Waals surface area contributed by atoms with Gasteiger partial charge in [0.25, 0.3) is 0 Å². The van der Waals surface area contributed by atoms with Gasteiger partial charge in [-0.15, -0.1) is 11.3 Å². The highest BCUT2D eigenvalue weighted by Gasteiger charge is 2.38. The average molecular weight is 306 g/mol. The van der Waals surface area contributed by atoms with Crippen LogP contribution in [0.15, 0.2) is 9.90 Å². The van der Waals surface area contributed by atoms with E-state index in [-0.39, 0.29) is 5.41 Å². The van der Waals surface area contributed by atoms with Crippen molar-refractivity contribution in [1.82, 2.24) is 20.4 Å². The van der Waals surface area contributed by atoms with Crippen LogP contribution in [0.25, 0.3) is 0 Å². The molecule has 0 aromatic carbocycles. The summed E-state index contributed by atoms with van der Waals surface area (Å²) in [6.45, 7) is 6.26. The first-order chi connectivity index (χ1) is 10.2. The summed E-state index contributed by atoms with van der Waals surface area (Å²) in [5, 5.41) is 10.8. The normalized spacial score (nSPS) is 22.6. The predicted molar refractivity (Wildman–Crippen MR) is 82.6 cm³/mol. The van der Waals surface area contributed by atoms with Gasteiger partial charge in [0.1, 0.15) is 0 Å². The molecule has 0 spiro atoms. The topological polar surface area (TPSA) is 63.8 Å². The summed E-state index contributed by atoms with van der Waals surface area (Å²) in [4.78, 5) is 9.14. The Bertz CT molecular complexity index is 581. The van der Waals surface area contributed by atoms with E-state index in [2.05, 4.69) is 32.7 Å². The summed E-state index contributed by atoms with van der Waals surface area (Å²) >= 11 is 1.66. The molecule has 0 radical (unpaired) electrons. The molecular weight excluding hydrogens is 284 g/mol. The molecule has 0 amide bonds. The number of rotatable bonds is 5. The number of piperidine rings is 1. The Hall–Kier alpha value is -1.27. The van der Waals surface area contributed by atoms with Crippen molar-refractivity contribution in [3.05, 3.63) is 27.8 Å². The van der Waals surface area contributed by atoms with Crippen molar-refractivity contribution in [1.29, 1.82) is 0 Å². The SMILES string of the molecule is CCCC1(c2nc(Cc3csc(C)n3)no2)CCCNC1.